The molecule has 0 spiro atoms. The van der Waals surface area contributed by atoms with E-state index in [-0.39, 0.29) is 5.76 Å². The molecule has 0 saturated heterocycles. The van der Waals surface area contributed by atoms with E-state index in [1.807, 2.05) is 0 Å². The third-order valence-electron chi connectivity index (χ3n) is 1.85. The van der Waals surface area contributed by atoms with Crippen molar-refractivity contribution in [2.75, 3.05) is 0 Å². The summed E-state index contributed by atoms with van der Waals surface area (Å²) in [7, 11) is 0. The van der Waals surface area contributed by atoms with Crippen molar-refractivity contribution in [3.8, 4) is 11.3 Å². The van der Waals surface area contributed by atoms with Crippen molar-refractivity contribution in [1.82, 2.24) is 5.16 Å². The maximum atomic E-state index is 10.4. The second kappa shape index (κ2) is 3.74. The maximum absolute atomic E-state index is 10.4. The van der Waals surface area contributed by atoms with E-state index in [0.717, 1.165) is 5.56 Å². The molecule has 0 N–H and O–H groups in total. The normalized spacial score (nSPS) is 10.2. The molecular formula is C10H5ClNO3-. The first-order valence-corrected chi connectivity index (χ1v) is 4.48. The van der Waals surface area contributed by atoms with Crippen molar-refractivity contribution in [2.45, 2.75) is 0 Å². The molecule has 4 nitrogen and oxygen atoms in total. The van der Waals surface area contributed by atoms with Gasteiger partial charge in [0.2, 0.25) is 0 Å². The highest BCUT2D eigenvalue weighted by molar-refractivity contribution is 6.30. The summed E-state index contributed by atoms with van der Waals surface area (Å²) in [6.07, 6.45) is 0. The Bertz CT molecular complexity index is 490. The molecule has 0 aliphatic heterocycles. The van der Waals surface area contributed by atoms with Crippen LogP contribution in [0.25, 0.3) is 11.3 Å². The number of carbonyl (C=O) groups is 1. The molecule has 1 aromatic heterocycles. The summed E-state index contributed by atoms with van der Waals surface area (Å²) in [4.78, 5) is 10.4. The number of carbonyl (C=O) groups excluding carboxylic acids is 1. The Balaban J connectivity index is 2.37. The Morgan fingerprint density at radius 2 is 2.00 bits per heavy atom. The Labute approximate surface area is 90.1 Å². The van der Waals surface area contributed by atoms with Gasteiger partial charge in [-0.05, 0) is 12.1 Å². The molecule has 0 aliphatic rings. The molecule has 5 heteroatoms. The first kappa shape index (κ1) is 9.73. The standard InChI is InChI=1S/C10H6ClNO3/c11-7-3-1-6(2-4-7)8-5-9(10(13)14)15-12-8/h1-5H,(H,13,14)/p-1. The third-order valence-corrected chi connectivity index (χ3v) is 2.10. The molecular weight excluding hydrogens is 218 g/mol. The predicted molar refractivity (Wildman–Crippen MR) is 51.3 cm³/mol. The lowest BCUT2D eigenvalue weighted by atomic mass is 10.1. The number of aromatic nitrogens is 1. The number of benzene rings is 1. The Hall–Kier alpha value is -1.81. The number of carboxylic acids is 1. The molecule has 0 fully saturated rings. The van der Waals surface area contributed by atoms with E-state index in [1.165, 1.54) is 6.07 Å². The number of carboxylic acid groups (broad SMARTS) is 1. The van der Waals surface area contributed by atoms with Crippen LogP contribution in [0.4, 0.5) is 0 Å². The van der Waals surface area contributed by atoms with Gasteiger partial charge in [0.1, 0.15) is 11.7 Å². The Morgan fingerprint density at radius 3 is 2.53 bits per heavy atom. The fraction of sp³-hybridized carbons (Fsp3) is 0. The molecule has 15 heavy (non-hydrogen) atoms. The van der Waals surface area contributed by atoms with E-state index in [4.69, 9.17) is 11.6 Å². The van der Waals surface area contributed by atoms with E-state index in [2.05, 4.69) is 9.68 Å². The van der Waals surface area contributed by atoms with Gasteiger partial charge in [-0.3, -0.25) is 0 Å². The van der Waals surface area contributed by atoms with Gasteiger partial charge >= 0.3 is 0 Å². The zero-order valence-electron chi connectivity index (χ0n) is 7.44. The summed E-state index contributed by atoms with van der Waals surface area (Å²) in [5, 5.41) is 14.6. The molecule has 0 aliphatic carbocycles. The van der Waals surface area contributed by atoms with Crippen molar-refractivity contribution in [1.29, 1.82) is 0 Å². The molecule has 76 valence electrons. The van der Waals surface area contributed by atoms with Gasteiger partial charge in [-0.2, -0.15) is 0 Å². The number of hydrogen-bond donors (Lipinski definition) is 0. The lowest BCUT2D eigenvalue weighted by Crippen LogP contribution is -2.21. The minimum absolute atomic E-state index is 0.292. The molecule has 1 aromatic carbocycles. The first-order chi connectivity index (χ1) is 7.16. The molecule has 0 unspecified atom stereocenters. The fourth-order valence-electron chi connectivity index (χ4n) is 1.13. The van der Waals surface area contributed by atoms with Gasteiger partial charge in [0.05, 0.1) is 0 Å². The molecule has 2 aromatic rings. The molecule has 0 atom stereocenters. The summed E-state index contributed by atoms with van der Waals surface area (Å²) in [6, 6.07) is 8.12. The molecule has 0 radical (unpaired) electrons. The van der Waals surface area contributed by atoms with Crippen molar-refractivity contribution in [3.63, 3.8) is 0 Å². The lowest BCUT2D eigenvalue weighted by molar-refractivity contribution is -0.257. The van der Waals surface area contributed by atoms with Crippen LogP contribution >= 0.6 is 11.6 Å². The zero-order valence-corrected chi connectivity index (χ0v) is 8.19. The van der Waals surface area contributed by atoms with Crippen LogP contribution in [-0.4, -0.2) is 11.1 Å². The van der Waals surface area contributed by atoms with Gasteiger partial charge in [-0.1, -0.05) is 28.9 Å². The minimum atomic E-state index is -1.39. The number of nitrogens with zero attached hydrogens (tertiary/aromatic N) is 1. The van der Waals surface area contributed by atoms with Crippen LogP contribution in [0.1, 0.15) is 10.6 Å². The highest BCUT2D eigenvalue weighted by Gasteiger charge is 2.06. The van der Waals surface area contributed by atoms with Crippen LogP contribution in [0.15, 0.2) is 34.9 Å². The second-order valence-corrected chi connectivity index (χ2v) is 3.31. The summed E-state index contributed by atoms with van der Waals surface area (Å²) in [5.74, 6) is -1.68. The van der Waals surface area contributed by atoms with Gasteiger partial charge in [0.15, 0.2) is 5.76 Å². The van der Waals surface area contributed by atoms with Crippen LogP contribution < -0.4 is 5.11 Å². The quantitative estimate of drug-likeness (QED) is 0.770. The summed E-state index contributed by atoms with van der Waals surface area (Å²) < 4.78 is 4.57. The number of aromatic carboxylic acids is 1. The van der Waals surface area contributed by atoms with E-state index < -0.39 is 5.97 Å². The van der Waals surface area contributed by atoms with E-state index in [0.29, 0.717) is 10.7 Å². The van der Waals surface area contributed by atoms with Gasteiger partial charge in [0.25, 0.3) is 0 Å². The second-order valence-electron chi connectivity index (χ2n) is 2.87. The summed E-state index contributed by atoms with van der Waals surface area (Å²) in [5.41, 5.74) is 1.17. The minimum Gasteiger partial charge on any atom is -0.541 e. The maximum Gasteiger partial charge on any atom is 0.182 e. The van der Waals surface area contributed by atoms with Crippen LogP contribution in [0.2, 0.25) is 5.02 Å². The molecule has 0 bridgehead atoms. The van der Waals surface area contributed by atoms with E-state index >= 15 is 0 Å². The average Bonchev–Trinajstić information content (AvgIpc) is 2.68. The number of halogens is 1. The zero-order chi connectivity index (χ0) is 10.8. The summed E-state index contributed by atoms with van der Waals surface area (Å²) in [6.45, 7) is 0. The third kappa shape index (κ3) is 1.99. The topological polar surface area (TPSA) is 66.2 Å². The van der Waals surface area contributed by atoms with Crippen LogP contribution in [0, 0.1) is 0 Å². The molecule has 1 heterocycles. The van der Waals surface area contributed by atoms with Gasteiger partial charge in [-0.15, -0.1) is 0 Å². The smallest absolute Gasteiger partial charge is 0.182 e. The SMILES string of the molecule is O=C([O-])c1cc(-c2ccc(Cl)cc2)no1. The highest BCUT2D eigenvalue weighted by atomic mass is 35.5. The highest BCUT2D eigenvalue weighted by Crippen LogP contribution is 2.20. The van der Waals surface area contributed by atoms with E-state index in [9.17, 15) is 9.90 Å². The molecule has 0 amide bonds. The van der Waals surface area contributed by atoms with Crippen LogP contribution in [0.3, 0.4) is 0 Å². The average molecular weight is 223 g/mol. The van der Waals surface area contributed by atoms with Gasteiger partial charge in [-0.25, -0.2) is 0 Å². The predicted octanol–water partition coefficient (Wildman–Crippen LogP) is 1.36. The number of hydrogen-bond acceptors (Lipinski definition) is 4. The van der Waals surface area contributed by atoms with Gasteiger partial charge in [0, 0.05) is 16.7 Å². The van der Waals surface area contributed by atoms with Crippen molar-refractivity contribution in [2.24, 2.45) is 0 Å². The Morgan fingerprint density at radius 1 is 1.33 bits per heavy atom. The van der Waals surface area contributed by atoms with E-state index in [1.54, 1.807) is 24.3 Å². The molecule has 2 rings (SSSR count). The summed E-state index contributed by atoms with van der Waals surface area (Å²) >= 11 is 5.71. The number of rotatable bonds is 2. The van der Waals surface area contributed by atoms with Crippen molar-refractivity contribution in [3.05, 3.63) is 41.1 Å². The largest absolute Gasteiger partial charge is 0.541 e. The van der Waals surface area contributed by atoms with Crippen LogP contribution in [-0.2, 0) is 0 Å². The van der Waals surface area contributed by atoms with Gasteiger partial charge < -0.3 is 14.4 Å². The molecule has 0 saturated carbocycles. The van der Waals surface area contributed by atoms with Crippen molar-refractivity contribution < 1.29 is 14.4 Å². The van der Waals surface area contributed by atoms with Crippen LogP contribution in [0.5, 0.6) is 0 Å². The monoisotopic (exact) mass is 222 g/mol. The lowest BCUT2D eigenvalue weighted by Gasteiger charge is -1.94. The van der Waals surface area contributed by atoms with Crippen molar-refractivity contribution >= 4 is 17.6 Å². The Kier molecular flexibility index (Phi) is 2.43. The fourth-order valence-corrected chi connectivity index (χ4v) is 1.25. The first-order valence-electron chi connectivity index (χ1n) is 4.11.